The quantitative estimate of drug-likeness (QED) is 0.151. The Labute approximate surface area is 240 Å². The summed E-state index contributed by atoms with van der Waals surface area (Å²) < 4.78 is 41.7. The molecule has 0 saturated carbocycles. The minimum atomic E-state index is -5.35. The van der Waals surface area contributed by atoms with Gasteiger partial charge >= 0.3 is 18.1 Å². The van der Waals surface area contributed by atoms with E-state index in [9.17, 15) is 32.3 Å². The van der Waals surface area contributed by atoms with Crippen LogP contribution in [0.5, 0.6) is 0 Å². The largest absolute Gasteiger partial charge is 0.491 e. The highest BCUT2D eigenvalue weighted by molar-refractivity contribution is 5.90. The zero-order chi connectivity index (χ0) is 30.5. The van der Waals surface area contributed by atoms with Gasteiger partial charge in [-0.2, -0.15) is 13.2 Å². The van der Waals surface area contributed by atoms with Crippen molar-refractivity contribution < 1.29 is 37.1 Å². The summed E-state index contributed by atoms with van der Waals surface area (Å²) in [6.45, 7) is 2.05. The Kier molecular flexibility index (Phi) is 11.6. The zero-order valence-corrected chi connectivity index (χ0v) is 22.8. The number of esters is 2. The van der Waals surface area contributed by atoms with Gasteiger partial charge < -0.3 is 20.7 Å². The molecule has 0 aliphatic heterocycles. The number of hydrogen-bond donors (Lipinski definition) is 3. The molecule has 0 bridgehead atoms. The van der Waals surface area contributed by atoms with Crippen molar-refractivity contribution in [3.63, 3.8) is 0 Å². The Morgan fingerprint density at radius 2 is 1.52 bits per heavy atom. The van der Waals surface area contributed by atoms with Gasteiger partial charge in [0.15, 0.2) is 0 Å². The van der Waals surface area contributed by atoms with Gasteiger partial charge in [-0.05, 0) is 48.6 Å². The SMILES string of the molecule is C[C@@H](NC(=O)CCCCNc1ccccn1)C(=O)NC(CC(=O)OC(=O)C(F)(F)F)c1ccc(-c2ccccc2)cc1. The molecule has 9 nitrogen and oxygen atoms in total. The third-order valence-electron chi connectivity index (χ3n) is 6.12. The fourth-order valence-electron chi connectivity index (χ4n) is 3.93. The number of aromatic nitrogens is 1. The van der Waals surface area contributed by atoms with Crippen molar-refractivity contribution in [2.24, 2.45) is 0 Å². The molecule has 2 atom stereocenters. The number of alkyl halides is 3. The molecule has 1 heterocycles. The summed E-state index contributed by atoms with van der Waals surface area (Å²) >= 11 is 0. The lowest BCUT2D eigenvalue weighted by atomic mass is 9.99. The molecule has 222 valence electrons. The maximum absolute atomic E-state index is 12.9. The summed E-state index contributed by atoms with van der Waals surface area (Å²) in [5.41, 5.74) is 2.12. The number of benzene rings is 2. The van der Waals surface area contributed by atoms with Crippen LogP contribution in [0.4, 0.5) is 19.0 Å². The van der Waals surface area contributed by atoms with E-state index in [1.807, 2.05) is 42.5 Å². The summed E-state index contributed by atoms with van der Waals surface area (Å²) in [5, 5.41) is 8.28. The number of rotatable bonds is 13. The number of amides is 2. The third kappa shape index (κ3) is 10.3. The topological polar surface area (TPSA) is 126 Å². The highest BCUT2D eigenvalue weighted by Gasteiger charge is 2.42. The van der Waals surface area contributed by atoms with Gasteiger partial charge in [-0.15, -0.1) is 0 Å². The Bertz CT molecular complexity index is 1340. The van der Waals surface area contributed by atoms with Crippen LogP contribution in [0.1, 0.15) is 44.2 Å². The molecule has 0 radical (unpaired) electrons. The predicted octanol–water partition coefficient (Wildman–Crippen LogP) is 4.72. The summed E-state index contributed by atoms with van der Waals surface area (Å²) in [7, 11) is 0. The number of carbonyl (C=O) groups excluding carboxylic acids is 4. The predicted molar refractivity (Wildman–Crippen MR) is 149 cm³/mol. The highest BCUT2D eigenvalue weighted by atomic mass is 19.4. The van der Waals surface area contributed by atoms with Crippen molar-refractivity contribution in [1.29, 1.82) is 0 Å². The number of halogens is 3. The van der Waals surface area contributed by atoms with Crippen LogP contribution >= 0.6 is 0 Å². The molecule has 42 heavy (non-hydrogen) atoms. The van der Waals surface area contributed by atoms with Gasteiger partial charge in [0.25, 0.3) is 0 Å². The van der Waals surface area contributed by atoms with Crippen LogP contribution in [-0.2, 0) is 23.9 Å². The molecule has 2 aromatic carbocycles. The number of nitrogens with one attached hydrogen (secondary N) is 3. The molecule has 1 aromatic heterocycles. The van der Waals surface area contributed by atoms with Gasteiger partial charge in [-0.1, -0.05) is 60.7 Å². The van der Waals surface area contributed by atoms with Crippen LogP contribution in [0, 0.1) is 0 Å². The van der Waals surface area contributed by atoms with Crippen LogP contribution in [-0.4, -0.2) is 47.5 Å². The van der Waals surface area contributed by atoms with Crippen molar-refractivity contribution in [2.75, 3.05) is 11.9 Å². The van der Waals surface area contributed by atoms with Crippen LogP contribution < -0.4 is 16.0 Å². The molecule has 3 N–H and O–H groups in total. The van der Waals surface area contributed by atoms with Gasteiger partial charge in [0, 0.05) is 19.2 Å². The molecular weight excluding hydrogens is 553 g/mol. The molecule has 1 unspecified atom stereocenters. The van der Waals surface area contributed by atoms with Gasteiger partial charge in [-0.25, -0.2) is 9.78 Å². The number of carbonyl (C=O) groups is 4. The molecule has 12 heteroatoms. The zero-order valence-electron chi connectivity index (χ0n) is 22.8. The molecule has 0 fully saturated rings. The monoisotopic (exact) mass is 584 g/mol. The first kappa shape index (κ1) is 31.8. The molecule has 0 aliphatic carbocycles. The minimum absolute atomic E-state index is 0.164. The standard InChI is InChI=1S/C30H31F3N4O5/c1-20(36-26(38)12-6-8-18-35-25-11-5-7-17-34-25)28(40)37-24(19-27(39)42-29(41)30(31,32)33)23-15-13-22(14-16-23)21-9-3-2-4-10-21/h2-5,7,9-11,13-17,20,24H,6,8,12,18-19H2,1H3,(H,34,35)(H,36,38)(H,37,40)/t20-,24?/m1/s1. The highest BCUT2D eigenvalue weighted by Crippen LogP contribution is 2.25. The molecule has 2 amide bonds. The van der Waals surface area contributed by atoms with Crippen molar-refractivity contribution >= 4 is 29.6 Å². The summed E-state index contributed by atoms with van der Waals surface area (Å²) in [5.74, 6) is -4.43. The van der Waals surface area contributed by atoms with Crippen molar-refractivity contribution in [1.82, 2.24) is 15.6 Å². The second kappa shape index (κ2) is 15.3. The number of pyridine rings is 1. The van der Waals surface area contributed by atoms with Crippen LogP contribution in [0.3, 0.4) is 0 Å². The number of anilines is 1. The van der Waals surface area contributed by atoms with Crippen molar-refractivity contribution in [3.05, 3.63) is 84.6 Å². The lowest BCUT2D eigenvalue weighted by Gasteiger charge is -2.22. The van der Waals surface area contributed by atoms with E-state index in [1.165, 1.54) is 6.92 Å². The van der Waals surface area contributed by atoms with E-state index >= 15 is 0 Å². The van der Waals surface area contributed by atoms with Gasteiger partial charge in [0.05, 0.1) is 12.5 Å². The number of unbranched alkanes of at least 4 members (excludes halogenated alkanes) is 1. The molecule has 0 aliphatic rings. The van der Waals surface area contributed by atoms with Gasteiger partial charge in [0.2, 0.25) is 11.8 Å². The molecule has 3 rings (SSSR count). The van der Waals surface area contributed by atoms with Crippen LogP contribution in [0.25, 0.3) is 11.1 Å². The average Bonchev–Trinajstić information content (AvgIpc) is 2.97. The maximum atomic E-state index is 12.9. The summed E-state index contributed by atoms with van der Waals surface area (Å²) in [6, 6.07) is 19.3. The van der Waals surface area contributed by atoms with Crippen LogP contribution in [0.15, 0.2) is 79.0 Å². The summed E-state index contributed by atoms with van der Waals surface area (Å²) in [4.78, 5) is 52.7. The Morgan fingerprint density at radius 3 is 2.17 bits per heavy atom. The first-order valence-electron chi connectivity index (χ1n) is 13.2. The van der Waals surface area contributed by atoms with Crippen molar-refractivity contribution in [3.8, 4) is 11.1 Å². The van der Waals surface area contributed by atoms with E-state index in [4.69, 9.17) is 0 Å². The van der Waals surface area contributed by atoms with E-state index in [0.29, 0.717) is 24.9 Å². The number of ether oxygens (including phenoxy) is 1. The maximum Gasteiger partial charge on any atom is 0.491 e. The van der Waals surface area contributed by atoms with E-state index in [1.54, 1.807) is 36.5 Å². The van der Waals surface area contributed by atoms with E-state index < -0.39 is 42.5 Å². The Morgan fingerprint density at radius 1 is 0.857 bits per heavy atom. The molecule has 0 saturated heterocycles. The van der Waals surface area contributed by atoms with Crippen LogP contribution in [0.2, 0.25) is 0 Å². The second-order valence-corrected chi connectivity index (χ2v) is 9.40. The summed E-state index contributed by atoms with van der Waals surface area (Å²) in [6.07, 6.45) is -3.03. The lowest BCUT2D eigenvalue weighted by molar-refractivity contribution is -0.202. The number of nitrogens with zero attached hydrogens (tertiary/aromatic N) is 1. The normalized spacial score (nSPS) is 12.5. The Hall–Kier alpha value is -4.74. The van der Waals surface area contributed by atoms with Gasteiger partial charge in [0.1, 0.15) is 11.9 Å². The smallest absolute Gasteiger partial charge is 0.386 e. The first-order chi connectivity index (χ1) is 20.0. The van der Waals surface area contributed by atoms with Gasteiger partial charge in [-0.3, -0.25) is 14.4 Å². The third-order valence-corrected chi connectivity index (χ3v) is 6.12. The lowest BCUT2D eigenvalue weighted by Crippen LogP contribution is -2.46. The first-order valence-corrected chi connectivity index (χ1v) is 13.2. The minimum Gasteiger partial charge on any atom is -0.386 e. The molecule has 0 spiro atoms. The van der Waals surface area contributed by atoms with E-state index in [2.05, 4.69) is 25.7 Å². The molecular formula is C30H31F3N4O5. The fraction of sp³-hybridized carbons (Fsp3) is 0.300. The van der Waals surface area contributed by atoms with Crippen molar-refractivity contribution in [2.45, 2.75) is 50.9 Å². The van der Waals surface area contributed by atoms with E-state index in [0.717, 1.165) is 16.9 Å². The number of hydrogen-bond acceptors (Lipinski definition) is 7. The second-order valence-electron chi connectivity index (χ2n) is 9.40. The fourth-order valence-corrected chi connectivity index (χ4v) is 3.93. The van der Waals surface area contributed by atoms with E-state index in [-0.39, 0.29) is 12.3 Å². The Balaban J connectivity index is 1.58. The average molecular weight is 585 g/mol. The molecule has 3 aromatic rings.